The molecule has 0 aliphatic heterocycles. The Bertz CT molecular complexity index is 1390. The minimum absolute atomic E-state index is 0.0131. The number of aryl methyl sites for hydroxylation is 1. The molecule has 1 aromatic heterocycles. The van der Waals surface area contributed by atoms with Crippen LogP contribution in [0.5, 0.6) is 0 Å². The molecule has 0 bridgehead atoms. The van der Waals surface area contributed by atoms with E-state index < -0.39 is 18.5 Å². The van der Waals surface area contributed by atoms with Crippen LogP contribution >= 0.6 is 0 Å². The molecule has 1 heterocycles. The van der Waals surface area contributed by atoms with E-state index >= 15 is 0 Å². The van der Waals surface area contributed by atoms with Crippen LogP contribution in [0.4, 0.5) is 11.6 Å². The first-order valence-corrected chi connectivity index (χ1v) is 10.5. The third-order valence-electron chi connectivity index (χ3n) is 5.22. The van der Waals surface area contributed by atoms with Crippen molar-refractivity contribution in [2.75, 3.05) is 17.7 Å². The lowest BCUT2D eigenvalue weighted by molar-refractivity contribution is -0.119. The van der Waals surface area contributed by atoms with Crippen LogP contribution in [-0.4, -0.2) is 18.5 Å². The molecule has 0 atom stereocenters. The number of hydrogen-bond donors (Lipinski definition) is 2. The van der Waals surface area contributed by atoms with Gasteiger partial charge in [-0.15, -0.1) is 0 Å². The van der Waals surface area contributed by atoms with Gasteiger partial charge < -0.3 is 14.9 Å². The Morgan fingerprint density at radius 3 is 2.26 bits per heavy atom. The van der Waals surface area contributed by atoms with Gasteiger partial charge in [-0.05, 0) is 30.2 Å². The number of nitrogens with two attached hydrogens (primary N) is 1. The number of rotatable bonds is 6. The molecule has 34 heavy (non-hydrogen) atoms. The van der Waals surface area contributed by atoms with Crippen LogP contribution in [-0.2, 0) is 9.53 Å². The van der Waals surface area contributed by atoms with E-state index in [4.69, 9.17) is 14.9 Å². The predicted molar refractivity (Wildman–Crippen MR) is 129 cm³/mol. The fraction of sp³-hybridized carbons (Fsp3) is 0.0741. The zero-order chi connectivity index (χ0) is 24.1. The van der Waals surface area contributed by atoms with Gasteiger partial charge in [0.15, 0.2) is 6.61 Å². The van der Waals surface area contributed by atoms with Gasteiger partial charge in [0, 0.05) is 16.8 Å². The smallest absolute Gasteiger partial charge is 0.338 e. The van der Waals surface area contributed by atoms with Crippen molar-refractivity contribution in [2.24, 2.45) is 0 Å². The summed E-state index contributed by atoms with van der Waals surface area (Å²) in [4.78, 5) is 24.8. The number of esters is 1. The number of nitrogen functional groups attached to an aromatic ring is 1. The van der Waals surface area contributed by atoms with E-state index in [0.29, 0.717) is 17.0 Å². The summed E-state index contributed by atoms with van der Waals surface area (Å²) in [6.07, 6.45) is 0. The van der Waals surface area contributed by atoms with Crippen LogP contribution in [0, 0.1) is 18.3 Å². The van der Waals surface area contributed by atoms with Crippen LogP contribution in [0.3, 0.4) is 0 Å². The number of anilines is 2. The topological polar surface area (TPSA) is 118 Å². The molecule has 3 aromatic carbocycles. The van der Waals surface area contributed by atoms with Crippen molar-refractivity contribution in [3.05, 3.63) is 95.6 Å². The molecule has 0 radical (unpaired) electrons. The van der Waals surface area contributed by atoms with Crippen molar-refractivity contribution < 1.29 is 18.7 Å². The van der Waals surface area contributed by atoms with Crippen molar-refractivity contribution in [2.45, 2.75) is 6.92 Å². The van der Waals surface area contributed by atoms with Gasteiger partial charge >= 0.3 is 5.97 Å². The maximum atomic E-state index is 12.5. The second-order valence-corrected chi connectivity index (χ2v) is 7.55. The minimum atomic E-state index is -0.684. The van der Waals surface area contributed by atoms with Crippen LogP contribution < -0.4 is 11.1 Å². The highest BCUT2D eigenvalue weighted by Gasteiger charge is 2.24. The molecule has 0 fully saturated rings. The number of carbonyl (C=O) groups excluding carboxylic acids is 2. The third kappa shape index (κ3) is 4.66. The largest absolute Gasteiger partial charge is 0.452 e. The Labute approximate surface area is 196 Å². The van der Waals surface area contributed by atoms with Crippen molar-refractivity contribution >= 4 is 23.4 Å². The standard InChI is InChI=1S/C27H21N3O4/c1-17-12-13-20(14-22(17)29)27(32)33-16-23(31)30-26-21(15-28)24(18-8-4-2-5-9-18)25(34-26)19-10-6-3-7-11-19/h2-14H,16,29H2,1H3,(H,30,31). The molecule has 0 saturated carbocycles. The summed E-state index contributed by atoms with van der Waals surface area (Å²) < 4.78 is 11.1. The lowest BCUT2D eigenvalue weighted by Crippen LogP contribution is -2.21. The van der Waals surface area contributed by atoms with E-state index in [-0.39, 0.29) is 17.0 Å². The second-order valence-electron chi connectivity index (χ2n) is 7.55. The highest BCUT2D eigenvalue weighted by Crippen LogP contribution is 2.41. The van der Waals surface area contributed by atoms with Gasteiger partial charge in [0.2, 0.25) is 5.88 Å². The first-order valence-electron chi connectivity index (χ1n) is 10.5. The molecule has 4 rings (SSSR count). The van der Waals surface area contributed by atoms with Crippen LogP contribution in [0.2, 0.25) is 0 Å². The molecule has 0 unspecified atom stereocenters. The van der Waals surface area contributed by atoms with Gasteiger partial charge in [-0.3, -0.25) is 10.1 Å². The molecular weight excluding hydrogens is 430 g/mol. The molecular formula is C27H21N3O4. The first kappa shape index (κ1) is 22.4. The van der Waals surface area contributed by atoms with Gasteiger partial charge in [0.05, 0.1) is 5.56 Å². The van der Waals surface area contributed by atoms with E-state index in [1.165, 1.54) is 6.07 Å². The summed E-state index contributed by atoms with van der Waals surface area (Å²) in [6.45, 7) is 1.26. The SMILES string of the molecule is Cc1ccc(C(=O)OCC(=O)Nc2oc(-c3ccccc3)c(-c3ccccc3)c2C#N)cc1N. The molecule has 7 heteroatoms. The van der Waals surface area contributed by atoms with Crippen molar-refractivity contribution in [3.8, 4) is 28.5 Å². The molecule has 168 valence electrons. The van der Waals surface area contributed by atoms with E-state index in [9.17, 15) is 14.9 Å². The number of furan rings is 1. The predicted octanol–water partition coefficient (Wildman–Crippen LogP) is 5.17. The van der Waals surface area contributed by atoms with E-state index in [1.807, 2.05) is 67.6 Å². The number of carbonyl (C=O) groups is 2. The van der Waals surface area contributed by atoms with E-state index in [1.54, 1.807) is 12.1 Å². The maximum Gasteiger partial charge on any atom is 0.338 e. The van der Waals surface area contributed by atoms with E-state index in [0.717, 1.165) is 16.7 Å². The second kappa shape index (κ2) is 9.76. The van der Waals surface area contributed by atoms with Crippen LogP contribution in [0.15, 0.2) is 83.3 Å². The lowest BCUT2D eigenvalue weighted by Gasteiger charge is -2.07. The highest BCUT2D eigenvalue weighted by atomic mass is 16.5. The lowest BCUT2D eigenvalue weighted by atomic mass is 9.98. The molecule has 1 amide bonds. The molecule has 0 aliphatic rings. The average molecular weight is 451 g/mol. The normalized spacial score (nSPS) is 10.4. The molecule has 7 nitrogen and oxygen atoms in total. The monoisotopic (exact) mass is 451 g/mol. The van der Waals surface area contributed by atoms with Gasteiger partial charge in [-0.2, -0.15) is 5.26 Å². The van der Waals surface area contributed by atoms with Gasteiger partial charge in [-0.1, -0.05) is 66.7 Å². The van der Waals surface area contributed by atoms with Gasteiger partial charge in [0.1, 0.15) is 17.4 Å². The molecule has 4 aromatic rings. The highest BCUT2D eigenvalue weighted by molar-refractivity contribution is 5.98. The van der Waals surface area contributed by atoms with Crippen molar-refractivity contribution in [1.82, 2.24) is 0 Å². The summed E-state index contributed by atoms with van der Waals surface area (Å²) in [6, 6.07) is 25.5. The molecule has 3 N–H and O–H groups in total. The van der Waals surface area contributed by atoms with Gasteiger partial charge in [0.25, 0.3) is 5.91 Å². The Hall–Kier alpha value is -4.83. The Morgan fingerprint density at radius 2 is 1.65 bits per heavy atom. The maximum absolute atomic E-state index is 12.5. The van der Waals surface area contributed by atoms with Crippen molar-refractivity contribution in [3.63, 3.8) is 0 Å². The average Bonchev–Trinajstić information content (AvgIpc) is 3.23. The molecule has 0 saturated heterocycles. The number of benzene rings is 3. The Morgan fingerprint density at radius 1 is 1.00 bits per heavy atom. The summed E-state index contributed by atoms with van der Waals surface area (Å²) in [7, 11) is 0. The number of nitriles is 1. The Balaban J connectivity index is 1.59. The summed E-state index contributed by atoms with van der Waals surface area (Å²) in [5.41, 5.74) is 9.62. The number of hydrogen-bond acceptors (Lipinski definition) is 6. The third-order valence-corrected chi connectivity index (χ3v) is 5.22. The fourth-order valence-electron chi connectivity index (χ4n) is 3.44. The van der Waals surface area contributed by atoms with Crippen molar-refractivity contribution in [1.29, 1.82) is 5.26 Å². The van der Waals surface area contributed by atoms with Crippen LogP contribution in [0.25, 0.3) is 22.5 Å². The zero-order valence-corrected chi connectivity index (χ0v) is 18.4. The zero-order valence-electron chi connectivity index (χ0n) is 18.4. The Kier molecular flexibility index (Phi) is 6.42. The number of ether oxygens (including phenoxy) is 1. The summed E-state index contributed by atoms with van der Waals surface area (Å²) >= 11 is 0. The number of nitrogens with one attached hydrogen (secondary N) is 1. The quantitative estimate of drug-likeness (QED) is 0.308. The van der Waals surface area contributed by atoms with E-state index in [2.05, 4.69) is 11.4 Å². The van der Waals surface area contributed by atoms with Gasteiger partial charge in [-0.25, -0.2) is 4.79 Å². The molecule has 0 spiro atoms. The van der Waals surface area contributed by atoms with Crippen LogP contribution in [0.1, 0.15) is 21.5 Å². The number of amides is 1. The fourth-order valence-corrected chi connectivity index (χ4v) is 3.44. The minimum Gasteiger partial charge on any atom is -0.452 e. The molecule has 0 aliphatic carbocycles. The summed E-state index contributed by atoms with van der Waals surface area (Å²) in [5, 5.41) is 12.4. The summed E-state index contributed by atoms with van der Waals surface area (Å²) in [5.74, 6) is -0.888. The number of nitrogens with zero attached hydrogens (tertiary/aromatic N) is 1. The first-order chi connectivity index (χ1) is 16.5.